The van der Waals surface area contributed by atoms with E-state index in [2.05, 4.69) is 20.6 Å². The van der Waals surface area contributed by atoms with E-state index in [9.17, 15) is 13.6 Å². The van der Waals surface area contributed by atoms with Gasteiger partial charge in [0.15, 0.2) is 5.82 Å². The number of H-pyrrole nitrogens is 1. The summed E-state index contributed by atoms with van der Waals surface area (Å²) in [6, 6.07) is 9.48. The van der Waals surface area contributed by atoms with E-state index in [1.54, 1.807) is 10.7 Å². The first-order chi connectivity index (χ1) is 12.9. The zero-order valence-corrected chi connectivity index (χ0v) is 15.0. The van der Waals surface area contributed by atoms with Crippen molar-refractivity contribution in [3.63, 3.8) is 0 Å². The maximum Gasteiger partial charge on any atom is 0.248 e. The number of fused-ring (bicyclic) bond motifs is 1. The molecule has 1 aliphatic carbocycles. The molecule has 2 N–H and O–H groups in total. The number of carbonyl (C=O) groups is 1. The molecule has 8 heteroatoms. The Morgan fingerprint density at radius 2 is 2.07 bits per heavy atom. The number of rotatable bonds is 4. The first kappa shape index (κ1) is 17.6. The molecule has 27 heavy (non-hydrogen) atoms. The van der Waals surface area contributed by atoms with Gasteiger partial charge in [0.1, 0.15) is 0 Å². The molecule has 142 valence electrons. The highest BCUT2D eigenvalue weighted by Gasteiger charge is 2.35. The summed E-state index contributed by atoms with van der Waals surface area (Å²) in [6.45, 7) is 0. The summed E-state index contributed by atoms with van der Waals surface area (Å²) >= 11 is 0. The van der Waals surface area contributed by atoms with Gasteiger partial charge in [0.2, 0.25) is 11.8 Å². The van der Waals surface area contributed by atoms with Crippen LogP contribution in [0.1, 0.15) is 43.0 Å². The van der Waals surface area contributed by atoms with Crippen LogP contribution in [0.25, 0.3) is 10.9 Å². The Hall–Kier alpha value is -2.77. The van der Waals surface area contributed by atoms with Crippen molar-refractivity contribution in [2.24, 2.45) is 7.05 Å². The largest absolute Gasteiger partial charge is 0.309 e. The fourth-order valence-electron chi connectivity index (χ4n) is 3.72. The first-order valence-electron chi connectivity index (χ1n) is 9.05. The smallest absolute Gasteiger partial charge is 0.248 e. The summed E-state index contributed by atoms with van der Waals surface area (Å²) in [5.41, 5.74) is 2.47. The minimum Gasteiger partial charge on any atom is -0.309 e. The van der Waals surface area contributed by atoms with Crippen molar-refractivity contribution in [3.05, 3.63) is 41.7 Å². The van der Waals surface area contributed by atoms with Crippen LogP contribution in [0, 0.1) is 0 Å². The van der Waals surface area contributed by atoms with Crippen LogP contribution in [0.4, 0.5) is 14.6 Å². The van der Waals surface area contributed by atoms with Crippen molar-refractivity contribution in [1.82, 2.24) is 20.0 Å². The quantitative estimate of drug-likeness (QED) is 0.731. The molecule has 3 aromatic rings. The average molecular weight is 373 g/mol. The molecule has 2 heterocycles. The van der Waals surface area contributed by atoms with Crippen LogP contribution in [-0.4, -0.2) is 31.8 Å². The minimum absolute atomic E-state index is 0.0301. The number of halogens is 2. The number of para-hydroxylation sites is 1. The summed E-state index contributed by atoms with van der Waals surface area (Å²) < 4.78 is 28.4. The molecule has 0 bridgehead atoms. The van der Waals surface area contributed by atoms with Gasteiger partial charge in [-0.25, -0.2) is 8.78 Å². The summed E-state index contributed by atoms with van der Waals surface area (Å²) in [6.07, 6.45) is 0.764. The number of aryl methyl sites for hydroxylation is 1. The number of aromatic amines is 1. The molecule has 0 unspecified atom stereocenters. The van der Waals surface area contributed by atoms with Gasteiger partial charge in [0.25, 0.3) is 0 Å². The SMILES string of the molecule is Cn1nc(CC(=O)Nc2cc(C3CCC(F)(F)CC3)[nH]n2)c2ccccc21. The Morgan fingerprint density at radius 3 is 2.85 bits per heavy atom. The summed E-state index contributed by atoms with van der Waals surface area (Å²) in [4.78, 5) is 12.4. The number of anilines is 1. The summed E-state index contributed by atoms with van der Waals surface area (Å²) in [5.74, 6) is -2.33. The van der Waals surface area contributed by atoms with Crippen molar-refractivity contribution in [3.8, 4) is 0 Å². The molecule has 0 spiro atoms. The molecule has 0 saturated heterocycles. The Labute approximate surface area is 154 Å². The molecule has 0 atom stereocenters. The predicted octanol–water partition coefficient (Wildman–Crippen LogP) is 3.77. The van der Waals surface area contributed by atoms with Gasteiger partial charge in [0, 0.05) is 43.0 Å². The maximum absolute atomic E-state index is 13.3. The third-order valence-corrected chi connectivity index (χ3v) is 5.18. The molecule has 1 aliphatic rings. The molecule has 0 aliphatic heterocycles. The zero-order chi connectivity index (χ0) is 19.0. The Balaban J connectivity index is 1.41. The van der Waals surface area contributed by atoms with Gasteiger partial charge in [-0.05, 0) is 18.9 Å². The average Bonchev–Trinajstić information content (AvgIpc) is 3.21. The topological polar surface area (TPSA) is 75.6 Å². The van der Waals surface area contributed by atoms with Crippen LogP contribution in [0.3, 0.4) is 0 Å². The van der Waals surface area contributed by atoms with E-state index < -0.39 is 5.92 Å². The van der Waals surface area contributed by atoms with Gasteiger partial charge < -0.3 is 5.32 Å². The van der Waals surface area contributed by atoms with Crippen LogP contribution in [0.5, 0.6) is 0 Å². The van der Waals surface area contributed by atoms with Crippen LogP contribution in [-0.2, 0) is 18.3 Å². The third-order valence-electron chi connectivity index (χ3n) is 5.18. The summed E-state index contributed by atoms with van der Waals surface area (Å²) in [7, 11) is 1.84. The van der Waals surface area contributed by atoms with E-state index in [4.69, 9.17) is 0 Å². The van der Waals surface area contributed by atoms with E-state index in [1.807, 2.05) is 31.3 Å². The van der Waals surface area contributed by atoms with E-state index in [0.717, 1.165) is 16.6 Å². The molecule has 1 amide bonds. The van der Waals surface area contributed by atoms with E-state index in [1.165, 1.54) is 0 Å². The lowest BCUT2D eigenvalue weighted by Gasteiger charge is -2.27. The third kappa shape index (κ3) is 3.70. The number of amides is 1. The lowest BCUT2D eigenvalue weighted by molar-refractivity contribution is -0.115. The fourth-order valence-corrected chi connectivity index (χ4v) is 3.72. The van der Waals surface area contributed by atoms with Gasteiger partial charge in [-0.2, -0.15) is 10.2 Å². The molecule has 4 rings (SSSR count). The normalized spacial score (nSPS) is 17.3. The van der Waals surface area contributed by atoms with Crippen molar-refractivity contribution in [2.45, 2.75) is 43.9 Å². The lowest BCUT2D eigenvalue weighted by Crippen LogP contribution is -2.23. The molecular formula is C19H21F2N5O. The second-order valence-electron chi connectivity index (χ2n) is 7.15. The minimum atomic E-state index is -2.56. The van der Waals surface area contributed by atoms with Crippen LogP contribution in [0.2, 0.25) is 0 Å². The van der Waals surface area contributed by atoms with Gasteiger partial charge in [-0.3, -0.25) is 14.6 Å². The fraction of sp³-hybridized carbons (Fsp3) is 0.421. The number of nitrogens with one attached hydrogen (secondary N) is 2. The maximum atomic E-state index is 13.3. The number of aromatic nitrogens is 4. The molecule has 2 aromatic heterocycles. The molecule has 1 fully saturated rings. The number of carbonyl (C=O) groups excluding carboxylic acids is 1. The molecule has 6 nitrogen and oxygen atoms in total. The van der Waals surface area contributed by atoms with E-state index in [0.29, 0.717) is 24.4 Å². The highest BCUT2D eigenvalue weighted by molar-refractivity contribution is 5.94. The number of hydrogen-bond acceptors (Lipinski definition) is 3. The van der Waals surface area contributed by atoms with Crippen molar-refractivity contribution >= 4 is 22.6 Å². The lowest BCUT2D eigenvalue weighted by atomic mass is 9.85. The highest BCUT2D eigenvalue weighted by atomic mass is 19.3. The monoisotopic (exact) mass is 373 g/mol. The van der Waals surface area contributed by atoms with E-state index >= 15 is 0 Å². The zero-order valence-electron chi connectivity index (χ0n) is 15.0. The highest BCUT2D eigenvalue weighted by Crippen LogP contribution is 2.40. The van der Waals surface area contributed by atoms with Crippen LogP contribution < -0.4 is 5.32 Å². The number of benzene rings is 1. The second kappa shape index (κ2) is 6.75. The standard InChI is InChI=1S/C19H21F2N5O/c1-26-16-5-3-2-4-13(16)15(25-26)11-18(27)22-17-10-14(23-24-17)12-6-8-19(20,21)9-7-12/h2-5,10,12H,6-9,11H2,1H3,(H2,22,23,24,27). The van der Waals surface area contributed by atoms with Crippen molar-refractivity contribution < 1.29 is 13.6 Å². The van der Waals surface area contributed by atoms with Crippen molar-refractivity contribution in [2.75, 3.05) is 5.32 Å². The van der Waals surface area contributed by atoms with Gasteiger partial charge in [-0.1, -0.05) is 18.2 Å². The molecule has 1 saturated carbocycles. The van der Waals surface area contributed by atoms with E-state index in [-0.39, 0.29) is 31.1 Å². The second-order valence-corrected chi connectivity index (χ2v) is 7.15. The molecular weight excluding hydrogens is 352 g/mol. The predicted molar refractivity (Wildman–Crippen MR) is 97.8 cm³/mol. The molecule has 0 radical (unpaired) electrons. The number of hydrogen-bond donors (Lipinski definition) is 2. The van der Waals surface area contributed by atoms with Gasteiger partial charge in [-0.15, -0.1) is 0 Å². The number of nitrogens with zero attached hydrogens (tertiary/aromatic N) is 3. The Morgan fingerprint density at radius 1 is 1.33 bits per heavy atom. The van der Waals surface area contributed by atoms with Crippen LogP contribution in [0.15, 0.2) is 30.3 Å². The number of alkyl halides is 2. The summed E-state index contributed by atoms with van der Waals surface area (Å²) in [5, 5.41) is 15.1. The Kier molecular flexibility index (Phi) is 4.41. The Bertz CT molecular complexity index is 968. The van der Waals surface area contributed by atoms with Crippen molar-refractivity contribution in [1.29, 1.82) is 0 Å². The van der Waals surface area contributed by atoms with Gasteiger partial charge >= 0.3 is 0 Å². The van der Waals surface area contributed by atoms with Crippen LogP contribution >= 0.6 is 0 Å². The first-order valence-corrected chi connectivity index (χ1v) is 9.05. The molecule has 1 aromatic carbocycles. The van der Waals surface area contributed by atoms with Gasteiger partial charge in [0.05, 0.1) is 17.6 Å².